The average Bonchev–Trinajstić information content (AvgIpc) is 2.35. The van der Waals surface area contributed by atoms with Gasteiger partial charge < -0.3 is 15.6 Å². The quantitative estimate of drug-likeness (QED) is 0.779. The fourth-order valence-electron chi connectivity index (χ4n) is 1.67. The van der Waals surface area contributed by atoms with E-state index in [1.165, 1.54) is 0 Å². The van der Waals surface area contributed by atoms with Gasteiger partial charge in [-0.15, -0.1) is 0 Å². The van der Waals surface area contributed by atoms with Crippen molar-refractivity contribution in [3.8, 4) is 5.75 Å². The Morgan fingerprint density at radius 1 is 1.39 bits per heavy atom. The molecule has 100 valence electrons. The third kappa shape index (κ3) is 4.37. The molecule has 1 aromatic rings. The van der Waals surface area contributed by atoms with E-state index >= 15 is 0 Å². The molecule has 0 aliphatic carbocycles. The highest BCUT2D eigenvalue weighted by molar-refractivity contribution is 5.72. The number of carboxylic acid groups (broad SMARTS) is 1. The fraction of sp³-hybridized carbons (Fsp3) is 0.500. The van der Waals surface area contributed by atoms with Crippen LogP contribution in [0.1, 0.15) is 32.3 Å². The predicted molar refractivity (Wildman–Crippen MR) is 70.8 cm³/mol. The summed E-state index contributed by atoms with van der Waals surface area (Å²) in [6, 6.07) is 7.60. The molecule has 0 amide bonds. The lowest BCUT2D eigenvalue weighted by Gasteiger charge is -2.14. The largest absolute Gasteiger partial charge is 0.479 e. The molecular formula is C14H21NO3. The number of hydrogen-bond donors (Lipinski definition) is 2. The van der Waals surface area contributed by atoms with Gasteiger partial charge in [0.25, 0.3) is 0 Å². The van der Waals surface area contributed by atoms with E-state index in [4.69, 9.17) is 15.6 Å². The van der Waals surface area contributed by atoms with Crippen LogP contribution in [0.2, 0.25) is 0 Å². The molecule has 0 saturated heterocycles. The molecule has 0 spiro atoms. The molecule has 1 rings (SSSR count). The van der Waals surface area contributed by atoms with Gasteiger partial charge in [-0.25, -0.2) is 4.79 Å². The summed E-state index contributed by atoms with van der Waals surface area (Å²) in [6.45, 7) is 3.83. The molecular weight excluding hydrogens is 230 g/mol. The van der Waals surface area contributed by atoms with Crippen LogP contribution >= 0.6 is 0 Å². The van der Waals surface area contributed by atoms with Gasteiger partial charge in [-0.1, -0.05) is 26.0 Å². The van der Waals surface area contributed by atoms with Crippen LogP contribution in [0.3, 0.4) is 0 Å². The number of carbonyl (C=O) groups is 1. The molecule has 18 heavy (non-hydrogen) atoms. The number of rotatable bonds is 7. The summed E-state index contributed by atoms with van der Waals surface area (Å²) in [6.07, 6.45) is 1.34. The maximum Gasteiger partial charge on any atom is 0.344 e. The lowest BCUT2D eigenvalue weighted by atomic mass is 10.0. The molecule has 4 heteroatoms. The molecule has 0 aliphatic heterocycles. The van der Waals surface area contributed by atoms with Crippen molar-refractivity contribution in [2.45, 2.75) is 45.3 Å². The number of benzene rings is 1. The molecule has 0 aliphatic rings. The lowest BCUT2D eigenvalue weighted by molar-refractivity contribution is -0.145. The van der Waals surface area contributed by atoms with Crippen molar-refractivity contribution in [1.29, 1.82) is 0 Å². The van der Waals surface area contributed by atoms with Gasteiger partial charge in [0.1, 0.15) is 5.75 Å². The van der Waals surface area contributed by atoms with Gasteiger partial charge in [0.05, 0.1) is 0 Å². The van der Waals surface area contributed by atoms with Crippen LogP contribution in [0.25, 0.3) is 0 Å². The first-order valence-corrected chi connectivity index (χ1v) is 6.30. The molecule has 0 bridgehead atoms. The van der Waals surface area contributed by atoms with Crippen molar-refractivity contribution in [1.82, 2.24) is 0 Å². The second-order valence-electron chi connectivity index (χ2n) is 4.37. The first-order chi connectivity index (χ1) is 8.56. The maximum atomic E-state index is 10.9. The summed E-state index contributed by atoms with van der Waals surface area (Å²) < 4.78 is 5.44. The Hall–Kier alpha value is -1.55. The second-order valence-corrected chi connectivity index (χ2v) is 4.37. The van der Waals surface area contributed by atoms with Crippen LogP contribution in [0.5, 0.6) is 5.75 Å². The van der Waals surface area contributed by atoms with Gasteiger partial charge in [-0.05, 0) is 37.0 Å². The van der Waals surface area contributed by atoms with E-state index in [2.05, 4.69) is 0 Å². The van der Waals surface area contributed by atoms with Crippen LogP contribution < -0.4 is 10.5 Å². The van der Waals surface area contributed by atoms with Crippen molar-refractivity contribution >= 4 is 5.97 Å². The van der Waals surface area contributed by atoms with Gasteiger partial charge >= 0.3 is 5.97 Å². The van der Waals surface area contributed by atoms with Crippen LogP contribution in [-0.4, -0.2) is 23.2 Å². The number of aliphatic carboxylic acids is 1. The number of ether oxygens (including phenoxy) is 1. The fourth-order valence-corrected chi connectivity index (χ4v) is 1.67. The van der Waals surface area contributed by atoms with E-state index in [0.717, 1.165) is 18.4 Å². The molecule has 0 fully saturated rings. The summed E-state index contributed by atoms with van der Waals surface area (Å²) in [5.74, 6) is -0.349. The number of hydrogen-bond acceptors (Lipinski definition) is 3. The van der Waals surface area contributed by atoms with Crippen molar-refractivity contribution in [3.05, 3.63) is 29.8 Å². The summed E-state index contributed by atoms with van der Waals surface area (Å²) >= 11 is 0. The lowest BCUT2D eigenvalue weighted by Crippen LogP contribution is -2.26. The summed E-state index contributed by atoms with van der Waals surface area (Å²) in [5, 5.41) is 8.94. The highest BCUT2D eigenvalue weighted by Crippen LogP contribution is 2.17. The standard InChI is InChI=1S/C14H21NO3/c1-3-11(15)8-10-6-5-7-12(9-10)18-13(4-2)14(16)17/h5-7,9,11,13H,3-4,8,15H2,1-2H3,(H,16,17). The smallest absolute Gasteiger partial charge is 0.344 e. The van der Waals surface area contributed by atoms with Crippen molar-refractivity contribution in [2.75, 3.05) is 0 Å². The minimum absolute atomic E-state index is 0.127. The Morgan fingerprint density at radius 2 is 2.11 bits per heavy atom. The van der Waals surface area contributed by atoms with Crippen molar-refractivity contribution in [3.63, 3.8) is 0 Å². The molecule has 0 aromatic heterocycles. The zero-order chi connectivity index (χ0) is 13.5. The van der Waals surface area contributed by atoms with Crippen LogP contribution in [0.15, 0.2) is 24.3 Å². The highest BCUT2D eigenvalue weighted by Gasteiger charge is 2.16. The molecule has 0 radical (unpaired) electrons. The van der Waals surface area contributed by atoms with E-state index in [1.807, 2.05) is 25.1 Å². The second kappa shape index (κ2) is 7.01. The molecule has 0 heterocycles. The first-order valence-electron chi connectivity index (χ1n) is 6.30. The minimum atomic E-state index is -0.937. The Balaban J connectivity index is 2.72. The SMILES string of the molecule is CCC(N)Cc1cccc(OC(CC)C(=O)O)c1. The average molecular weight is 251 g/mol. The Morgan fingerprint density at radius 3 is 2.67 bits per heavy atom. The number of nitrogens with two attached hydrogens (primary N) is 1. The topological polar surface area (TPSA) is 72.5 Å². The van der Waals surface area contributed by atoms with E-state index < -0.39 is 12.1 Å². The molecule has 0 saturated carbocycles. The Labute approximate surface area is 108 Å². The van der Waals surface area contributed by atoms with Crippen molar-refractivity contribution in [2.24, 2.45) is 5.73 Å². The third-order valence-corrected chi connectivity index (χ3v) is 2.85. The van der Waals surface area contributed by atoms with Gasteiger partial charge in [0.15, 0.2) is 6.10 Å². The Kier molecular flexibility index (Phi) is 5.65. The Bertz CT molecular complexity index is 392. The van der Waals surface area contributed by atoms with E-state index in [-0.39, 0.29) is 6.04 Å². The zero-order valence-electron chi connectivity index (χ0n) is 10.9. The van der Waals surface area contributed by atoms with Crippen LogP contribution in [0.4, 0.5) is 0 Å². The summed E-state index contributed by atoms with van der Waals surface area (Å²) in [4.78, 5) is 10.9. The normalized spacial score (nSPS) is 13.9. The molecule has 3 N–H and O–H groups in total. The van der Waals surface area contributed by atoms with Gasteiger partial charge in [-0.2, -0.15) is 0 Å². The van der Waals surface area contributed by atoms with Gasteiger partial charge in [-0.3, -0.25) is 0 Å². The maximum absolute atomic E-state index is 10.9. The van der Waals surface area contributed by atoms with Gasteiger partial charge in [0.2, 0.25) is 0 Å². The molecule has 2 atom stereocenters. The van der Waals surface area contributed by atoms with E-state index in [1.54, 1.807) is 13.0 Å². The third-order valence-electron chi connectivity index (χ3n) is 2.85. The van der Waals surface area contributed by atoms with Crippen LogP contribution in [-0.2, 0) is 11.2 Å². The monoisotopic (exact) mass is 251 g/mol. The van der Waals surface area contributed by atoms with E-state index in [9.17, 15) is 4.79 Å². The van der Waals surface area contributed by atoms with Crippen molar-refractivity contribution < 1.29 is 14.6 Å². The first kappa shape index (κ1) is 14.5. The molecule has 1 aromatic carbocycles. The van der Waals surface area contributed by atoms with Crippen LogP contribution in [0, 0.1) is 0 Å². The zero-order valence-corrected chi connectivity index (χ0v) is 10.9. The van der Waals surface area contributed by atoms with E-state index in [0.29, 0.717) is 12.2 Å². The predicted octanol–water partition coefficient (Wildman–Crippen LogP) is 2.21. The summed E-state index contributed by atoms with van der Waals surface area (Å²) in [5.41, 5.74) is 6.97. The summed E-state index contributed by atoms with van der Waals surface area (Å²) in [7, 11) is 0. The highest BCUT2D eigenvalue weighted by atomic mass is 16.5. The minimum Gasteiger partial charge on any atom is -0.479 e. The number of carboxylic acids is 1. The molecule has 2 unspecified atom stereocenters. The van der Waals surface area contributed by atoms with Gasteiger partial charge in [0, 0.05) is 6.04 Å². The molecule has 4 nitrogen and oxygen atoms in total.